The highest BCUT2D eigenvalue weighted by molar-refractivity contribution is 9.10. The maximum absolute atomic E-state index is 12.0. The van der Waals surface area contributed by atoms with Crippen molar-refractivity contribution in [3.63, 3.8) is 0 Å². The van der Waals surface area contributed by atoms with Gasteiger partial charge in [0.15, 0.2) is 0 Å². The number of aryl methyl sites for hydroxylation is 2. The van der Waals surface area contributed by atoms with E-state index in [1.54, 1.807) is 11.8 Å². The van der Waals surface area contributed by atoms with Crippen LogP contribution in [0.2, 0.25) is 0 Å². The first-order valence-electron chi connectivity index (χ1n) is 6.74. The van der Waals surface area contributed by atoms with Crippen LogP contribution in [0.15, 0.2) is 46.9 Å². The third-order valence-corrected chi connectivity index (χ3v) is 4.56. The molecular formula is C17H18BrNOS. The molecule has 2 aromatic carbocycles. The Hall–Kier alpha value is -1.26. The van der Waals surface area contributed by atoms with E-state index in [1.807, 2.05) is 25.1 Å². The van der Waals surface area contributed by atoms with E-state index in [-0.39, 0.29) is 5.91 Å². The monoisotopic (exact) mass is 363 g/mol. The number of benzene rings is 2. The Kier molecular flexibility index (Phi) is 5.88. The Morgan fingerprint density at radius 1 is 1.19 bits per heavy atom. The van der Waals surface area contributed by atoms with Crippen LogP contribution in [-0.4, -0.2) is 11.7 Å². The lowest BCUT2D eigenvalue weighted by Crippen LogP contribution is -2.15. The van der Waals surface area contributed by atoms with Crippen molar-refractivity contribution >= 4 is 39.3 Å². The number of amides is 1. The van der Waals surface area contributed by atoms with E-state index in [4.69, 9.17) is 0 Å². The van der Waals surface area contributed by atoms with Crippen LogP contribution in [-0.2, 0) is 10.5 Å². The molecule has 21 heavy (non-hydrogen) atoms. The Balaban J connectivity index is 1.84. The highest BCUT2D eigenvalue weighted by atomic mass is 79.9. The van der Waals surface area contributed by atoms with Gasteiger partial charge in [-0.3, -0.25) is 4.79 Å². The smallest absolute Gasteiger partial charge is 0.234 e. The summed E-state index contributed by atoms with van der Waals surface area (Å²) in [5.74, 6) is 1.35. The van der Waals surface area contributed by atoms with Gasteiger partial charge in [0, 0.05) is 15.9 Å². The molecular weight excluding hydrogens is 346 g/mol. The number of anilines is 1. The second kappa shape index (κ2) is 7.66. The highest BCUT2D eigenvalue weighted by Gasteiger charge is 2.06. The predicted octanol–water partition coefficient (Wildman–Crippen LogP) is 4.94. The molecule has 0 unspecified atom stereocenters. The Morgan fingerprint density at radius 3 is 2.76 bits per heavy atom. The fourth-order valence-corrected chi connectivity index (χ4v) is 3.11. The largest absolute Gasteiger partial charge is 0.325 e. The van der Waals surface area contributed by atoms with Crippen LogP contribution in [0.1, 0.15) is 16.7 Å². The summed E-state index contributed by atoms with van der Waals surface area (Å²) in [7, 11) is 0. The van der Waals surface area contributed by atoms with Crippen molar-refractivity contribution in [3.8, 4) is 0 Å². The lowest BCUT2D eigenvalue weighted by molar-refractivity contribution is -0.113. The first kappa shape index (κ1) is 16.1. The summed E-state index contributed by atoms with van der Waals surface area (Å²) in [4.78, 5) is 12.0. The average molecular weight is 364 g/mol. The van der Waals surface area contributed by atoms with Gasteiger partial charge in [-0.1, -0.05) is 51.8 Å². The highest BCUT2D eigenvalue weighted by Crippen LogP contribution is 2.21. The van der Waals surface area contributed by atoms with Crippen molar-refractivity contribution in [2.75, 3.05) is 11.1 Å². The molecule has 0 saturated heterocycles. The first-order chi connectivity index (χ1) is 10.0. The quantitative estimate of drug-likeness (QED) is 0.814. The molecule has 0 atom stereocenters. The summed E-state index contributed by atoms with van der Waals surface area (Å²) < 4.78 is 0.968. The summed E-state index contributed by atoms with van der Waals surface area (Å²) in [6, 6.07) is 14.3. The number of hydrogen-bond acceptors (Lipinski definition) is 2. The van der Waals surface area contributed by atoms with E-state index < -0.39 is 0 Å². The fourth-order valence-electron chi connectivity index (χ4n) is 1.98. The van der Waals surface area contributed by atoms with Gasteiger partial charge in [-0.05, 0) is 37.1 Å². The molecule has 2 rings (SSSR count). The molecule has 0 heterocycles. The Bertz CT molecular complexity index is 642. The molecule has 0 bridgehead atoms. The van der Waals surface area contributed by atoms with Crippen LogP contribution in [0.4, 0.5) is 5.69 Å². The summed E-state index contributed by atoms with van der Waals surface area (Å²) in [6.45, 7) is 4.07. The predicted molar refractivity (Wildman–Crippen MR) is 94.8 cm³/mol. The number of thioether (sulfide) groups is 1. The third kappa shape index (κ3) is 5.21. The van der Waals surface area contributed by atoms with Crippen LogP contribution in [0.5, 0.6) is 0 Å². The van der Waals surface area contributed by atoms with Gasteiger partial charge in [0.1, 0.15) is 0 Å². The van der Waals surface area contributed by atoms with Gasteiger partial charge < -0.3 is 5.32 Å². The van der Waals surface area contributed by atoms with Gasteiger partial charge in [0.05, 0.1) is 5.75 Å². The number of carbonyl (C=O) groups is 1. The molecule has 0 saturated carbocycles. The fraction of sp³-hybridized carbons (Fsp3) is 0.235. The maximum atomic E-state index is 12.0. The molecule has 0 radical (unpaired) electrons. The maximum Gasteiger partial charge on any atom is 0.234 e. The SMILES string of the molecule is Cc1cccc(CSCC(=O)Nc2cc(Br)ccc2C)c1. The zero-order valence-corrected chi connectivity index (χ0v) is 14.6. The molecule has 1 amide bonds. The van der Waals surface area contributed by atoms with Crippen molar-refractivity contribution in [3.05, 3.63) is 63.6 Å². The van der Waals surface area contributed by atoms with Crippen LogP contribution < -0.4 is 5.32 Å². The van der Waals surface area contributed by atoms with Gasteiger partial charge >= 0.3 is 0 Å². The topological polar surface area (TPSA) is 29.1 Å². The molecule has 0 aromatic heterocycles. The van der Waals surface area contributed by atoms with Crippen molar-refractivity contribution in [2.24, 2.45) is 0 Å². The molecule has 0 fully saturated rings. The van der Waals surface area contributed by atoms with Gasteiger partial charge in [0.25, 0.3) is 0 Å². The number of rotatable bonds is 5. The molecule has 0 aliphatic rings. The molecule has 2 nitrogen and oxygen atoms in total. The zero-order valence-electron chi connectivity index (χ0n) is 12.2. The third-order valence-electron chi connectivity index (χ3n) is 3.06. The number of carbonyl (C=O) groups excluding carboxylic acids is 1. The normalized spacial score (nSPS) is 10.4. The Labute approximate surface area is 138 Å². The molecule has 0 aliphatic carbocycles. The lowest BCUT2D eigenvalue weighted by Gasteiger charge is -2.09. The van der Waals surface area contributed by atoms with E-state index in [1.165, 1.54) is 11.1 Å². The second-order valence-electron chi connectivity index (χ2n) is 4.99. The van der Waals surface area contributed by atoms with E-state index in [2.05, 4.69) is 52.4 Å². The minimum atomic E-state index is 0.0360. The van der Waals surface area contributed by atoms with Crippen LogP contribution in [0.3, 0.4) is 0 Å². The second-order valence-corrected chi connectivity index (χ2v) is 6.89. The molecule has 4 heteroatoms. The summed E-state index contributed by atoms with van der Waals surface area (Å²) >= 11 is 5.05. The number of hydrogen-bond donors (Lipinski definition) is 1. The molecule has 0 aliphatic heterocycles. The van der Waals surface area contributed by atoms with Crippen LogP contribution in [0.25, 0.3) is 0 Å². The van der Waals surface area contributed by atoms with E-state index >= 15 is 0 Å². The minimum absolute atomic E-state index is 0.0360. The minimum Gasteiger partial charge on any atom is -0.325 e. The van der Waals surface area contributed by atoms with Gasteiger partial charge in [0.2, 0.25) is 5.91 Å². The van der Waals surface area contributed by atoms with Crippen LogP contribution in [0, 0.1) is 13.8 Å². The molecule has 1 N–H and O–H groups in total. The average Bonchev–Trinajstić information content (AvgIpc) is 2.43. The first-order valence-corrected chi connectivity index (χ1v) is 8.68. The van der Waals surface area contributed by atoms with Crippen molar-refractivity contribution in [1.29, 1.82) is 0 Å². The molecule has 0 spiro atoms. The van der Waals surface area contributed by atoms with Gasteiger partial charge in [-0.15, -0.1) is 11.8 Å². The standard InChI is InChI=1S/C17H18BrNOS/c1-12-4-3-5-14(8-12)10-21-11-17(20)19-16-9-15(18)7-6-13(16)2/h3-9H,10-11H2,1-2H3,(H,19,20). The van der Waals surface area contributed by atoms with Crippen molar-refractivity contribution in [2.45, 2.75) is 19.6 Å². The van der Waals surface area contributed by atoms with E-state index in [0.29, 0.717) is 5.75 Å². The number of halogens is 1. The van der Waals surface area contributed by atoms with E-state index in [0.717, 1.165) is 21.5 Å². The lowest BCUT2D eigenvalue weighted by atomic mass is 10.2. The van der Waals surface area contributed by atoms with Gasteiger partial charge in [-0.25, -0.2) is 0 Å². The van der Waals surface area contributed by atoms with Crippen LogP contribution >= 0.6 is 27.7 Å². The van der Waals surface area contributed by atoms with Crippen molar-refractivity contribution in [1.82, 2.24) is 0 Å². The molecule has 2 aromatic rings. The summed E-state index contributed by atoms with van der Waals surface area (Å²) in [5, 5.41) is 2.96. The molecule has 110 valence electrons. The summed E-state index contributed by atoms with van der Waals surface area (Å²) in [6.07, 6.45) is 0. The van der Waals surface area contributed by atoms with E-state index in [9.17, 15) is 4.79 Å². The number of nitrogens with one attached hydrogen (secondary N) is 1. The summed E-state index contributed by atoms with van der Waals surface area (Å²) in [5.41, 5.74) is 4.44. The zero-order chi connectivity index (χ0) is 15.2. The van der Waals surface area contributed by atoms with Crippen molar-refractivity contribution < 1.29 is 4.79 Å². The Morgan fingerprint density at radius 2 is 2.00 bits per heavy atom. The van der Waals surface area contributed by atoms with Gasteiger partial charge in [-0.2, -0.15) is 0 Å².